The number of ether oxygens (including phenoxy) is 2. The molecule has 3 amide bonds. The third-order valence-corrected chi connectivity index (χ3v) is 6.09. The maximum absolute atomic E-state index is 13.5. The number of benzene rings is 1. The molecule has 0 unspecified atom stereocenters. The van der Waals surface area contributed by atoms with E-state index in [9.17, 15) is 14.4 Å². The van der Waals surface area contributed by atoms with Crippen molar-refractivity contribution in [3.63, 3.8) is 0 Å². The van der Waals surface area contributed by atoms with E-state index in [-0.39, 0.29) is 49.0 Å². The van der Waals surface area contributed by atoms with Crippen LogP contribution in [0.3, 0.4) is 0 Å². The Morgan fingerprint density at radius 3 is 2.50 bits per heavy atom. The minimum atomic E-state index is -0.933. The van der Waals surface area contributed by atoms with E-state index in [1.165, 1.54) is 19.1 Å². The number of anilines is 1. The Hall–Kier alpha value is -3.82. The lowest BCUT2D eigenvalue weighted by Crippen LogP contribution is -2.46. The second kappa shape index (κ2) is 12.8. The van der Waals surface area contributed by atoms with Crippen LogP contribution >= 0.6 is 0 Å². The average Bonchev–Trinajstić information content (AvgIpc) is 3.53. The van der Waals surface area contributed by atoms with Crippen molar-refractivity contribution in [2.45, 2.75) is 57.5 Å². The summed E-state index contributed by atoms with van der Waals surface area (Å²) in [5.41, 5.74) is 0.570. The van der Waals surface area contributed by atoms with E-state index in [1.54, 1.807) is 37.3 Å². The monoisotopic (exact) mass is 498 g/mol. The van der Waals surface area contributed by atoms with Gasteiger partial charge >= 0.3 is 0 Å². The van der Waals surface area contributed by atoms with Gasteiger partial charge in [0, 0.05) is 31.5 Å². The molecule has 1 saturated carbocycles. The van der Waals surface area contributed by atoms with Crippen molar-refractivity contribution < 1.29 is 28.4 Å². The minimum absolute atomic E-state index is 0.0671. The first-order valence-corrected chi connectivity index (χ1v) is 12.0. The number of carbonyl (C=O) groups excluding carboxylic acids is 3. The molecule has 194 valence electrons. The fourth-order valence-corrected chi connectivity index (χ4v) is 4.33. The number of aromatic nitrogens is 1. The predicted octanol–water partition coefficient (Wildman–Crippen LogP) is 3.53. The van der Waals surface area contributed by atoms with Gasteiger partial charge in [-0.15, -0.1) is 6.58 Å². The molecule has 36 heavy (non-hydrogen) atoms. The van der Waals surface area contributed by atoms with Crippen LogP contribution in [0.4, 0.5) is 5.82 Å². The summed E-state index contributed by atoms with van der Waals surface area (Å²) in [5, 5.41) is 9.43. The van der Waals surface area contributed by atoms with Gasteiger partial charge < -0.3 is 29.5 Å². The molecule has 0 aliphatic heterocycles. The second-order valence-electron chi connectivity index (χ2n) is 8.71. The Bertz CT molecular complexity index is 1080. The van der Waals surface area contributed by atoms with Crippen molar-refractivity contribution in [2.75, 3.05) is 26.1 Å². The van der Waals surface area contributed by atoms with E-state index in [2.05, 4.69) is 22.4 Å². The molecule has 3 rings (SSSR count). The molecular formula is C26H34N4O6. The molecule has 1 aromatic carbocycles. The Balaban J connectivity index is 1.82. The summed E-state index contributed by atoms with van der Waals surface area (Å²) in [6, 6.07) is 5.86. The highest BCUT2D eigenvalue weighted by molar-refractivity contribution is 5.94. The van der Waals surface area contributed by atoms with Crippen LogP contribution in [-0.4, -0.2) is 54.6 Å². The topological polar surface area (TPSA) is 123 Å². The molecule has 0 spiro atoms. The predicted molar refractivity (Wildman–Crippen MR) is 134 cm³/mol. The van der Waals surface area contributed by atoms with Crippen LogP contribution < -0.4 is 20.1 Å². The molecular weight excluding hydrogens is 464 g/mol. The molecule has 0 radical (unpaired) electrons. The second-order valence-corrected chi connectivity index (χ2v) is 8.71. The maximum Gasteiger partial charge on any atom is 0.247 e. The van der Waals surface area contributed by atoms with Crippen molar-refractivity contribution in [1.82, 2.24) is 15.4 Å². The third-order valence-electron chi connectivity index (χ3n) is 6.09. The van der Waals surface area contributed by atoms with Gasteiger partial charge in [0.2, 0.25) is 17.7 Å². The highest BCUT2D eigenvalue weighted by Crippen LogP contribution is 2.33. The summed E-state index contributed by atoms with van der Waals surface area (Å²) in [7, 11) is 3.04. The molecule has 0 saturated heterocycles. The summed E-state index contributed by atoms with van der Waals surface area (Å²) >= 11 is 0. The normalized spacial score (nSPS) is 14.1. The fraction of sp³-hybridized carbons (Fsp3) is 0.462. The number of hydrogen-bond acceptors (Lipinski definition) is 7. The molecule has 10 nitrogen and oxygen atoms in total. The van der Waals surface area contributed by atoms with Gasteiger partial charge in [-0.05, 0) is 37.5 Å². The van der Waals surface area contributed by atoms with E-state index < -0.39 is 6.04 Å². The van der Waals surface area contributed by atoms with E-state index in [1.807, 2.05) is 0 Å². The maximum atomic E-state index is 13.5. The largest absolute Gasteiger partial charge is 0.493 e. The first-order chi connectivity index (χ1) is 17.4. The van der Waals surface area contributed by atoms with Gasteiger partial charge in [-0.2, -0.15) is 0 Å². The molecule has 2 aromatic rings. The van der Waals surface area contributed by atoms with Gasteiger partial charge in [0.25, 0.3) is 0 Å². The molecule has 1 aliphatic carbocycles. The quantitative estimate of drug-likeness (QED) is 0.429. The lowest BCUT2D eigenvalue weighted by Gasteiger charge is -2.32. The summed E-state index contributed by atoms with van der Waals surface area (Å²) in [6.07, 6.45) is 5.30. The van der Waals surface area contributed by atoms with Crippen molar-refractivity contribution >= 4 is 23.5 Å². The van der Waals surface area contributed by atoms with Crippen molar-refractivity contribution in [2.24, 2.45) is 0 Å². The molecule has 1 heterocycles. The average molecular weight is 499 g/mol. The minimum Gasteiger partial charge on any atom is -0.493 e. The Morgan fingerprint density at radius 1 is 1.17 bits per heavy atom. The number of rotatable bonds is 12. The number of carbonyl (C=O) groups is 3. The van der Waals surface area contributed by atoms with E-state index in [0.717, 1.165) is 25.7 Å². The Morgan fingerprint density at radius 2 is 1.89 bits per heavy atom. The molecule has 1 aromatic heterocycles. The number of methoxy groups -OCH3 is 2. The van der Waals surface area contributed by atoms with Crippen LogP contribution in [0.1, 0.15) is 55.9 Å². The number of hydrogen-bond donors (Lipinski definition) is 2. The zero-order valence-electron chi connectivity index (χ0n) is 21.0. The van der Waals surface area contributed by atoms with Crippen LogP contribution in [0, 0.1) is 6.92 Å². The smallest absolute Gasteiger partial charge is 0.247 e. The molecule has 2 N–H and O–H groups in total. The zero-order valence-corrected chi connectivity index (χ0v) is 21.0. The van der Waals surface area contributed by atoms with Crippen LogP contribution in [0.15, 0.2) is 41.4 Å². The Kier molecular flexibility index (Phi) is 9.49. The number of nitrogens with zero attached hydrogens (tertiary/aromatic N) is 2. The van der Waals surface area contributed by atoms with E-state index in [4.69, 9.17) is 14.0 Å². The summed E-state index contributed by atoms with van der Waals surface area (Å²) in [4.78, 5) is 40.7. The lowest BCUT2D eigenvalue weighted by atomic mass is 10.0. The van der Waals surface area contributed by atoms with Gasteiger partial charge in [0.05, 0.1) is 14.2 Å². The number of nitrogens with one attached hydrogen (secondary N) is 2. The van der Waals surface area contributed by atoms with Crippen LogP contribution in [0.2, 0.25) is 0 Å². The Labute approximate surface area is 211 Å². The van der Waals surface area contributed by atoms with Gasteiger partial charge in [-0.1, -0.05) is 30.1 Å². The summed E-state index contributed by atoms with van der Waals surface area (Å²) in [6.45, 7) is 5.61. The standard InChI is InChI=1S/C26H34N4O6/c1-5-14-30(24(32)13-12-23(31)28-22-15-17(2)36-29-22)25(26(33)27-19-8-6-7-9-19)18-10-11-20(34-3)21(16-18)35-4/h5,10-11,15-16,19,25H,1,6-9,12-14H2,2-4H3,(H,27,33)(H,28,29,31)/t25-/m0/s1. The molecule has 10 heteroatoms. The van der Waals surface area contributed by atoms with Crippen molar-refractivity contribution in [3.05, 3.63) is 48.2 Å². The lowest BCUT2D eigenvalue weighted by molar-refractivity contribution is -0.141. The number of aryl methyl sites for hydroxylation is 1. The zero-order chi connectivity index (χ0) is 26.1. The highest BCUT2D eigenvalue weighted by Gasteiger charge is 2.33. The van der Waals surface area contributed by atoms with Crippen LogP contribution in [0.5, 0.6) is 11.5 Å². The van der Waals surface area contributed by atoms with Crippen molar-refractivity contribution in [1.29, 1.82) is 0 Å². The summed E-state index contributed by atoms with van der Waals surface area (Å²) in [5.74, 6) is 0.777. The van der Waals surface area contributed by atoms with Gasteiger partial charge in [0.1, 0.15) is 11.8 Å². The number of amides is 3. The molecule has 1 aliphatic rings. The van der Waals surface area contributed by atoms with Crippen LogP contribution in [-0.2, 0) is 14.4 Å². The fourth-order valence-electron chi connectivity index (χ4n) is 4.33. The van der Waals surface area contributed by atoms with E-state index >= 15 is 0 Å². The third kappa shape index (κ3) is 6.87. The molecule has 1 atom stereocenters. The first kappa shape index (κ1) is 26.8. The molecule has 1 fully saturated rings. The van der Waals surface area contributed by atoms with E-state index in [0.29, 0.717) is 22.8 Å². The van der Waals surface area contributed by atoms with Gasteiger partial charge in [0.15, 0.2) is 17.3 Å². The highest BCUT2D eigenvalue weighted by atomic mass is 16.5. The molecule has 0 bridgehead atoms. The summed E-state index contributed by atoms with van der Waals surface area (Å²) < 4.78 is 15.7. The van der Waals surface area contributed by atoms with Gasteiger partial charge in [-0.25, -0.2) is 0 Å². The SMILES string of the molecule is C=CCN(C(=O)CCC(=O)Nc1cc(C)on1)[C@H](C(=O)NC1CCCC1)c1ccc(OC)c(OC)c1. The first-order valence-electron chi connectivity index (χ1n) is 12.0. The van der Waals surface area contributed by atoms with Crippen molar-refractivity contribution in [3.8, 4) is 11.5 Å². The van der Waals surface area contributed by atoms with Crippen LogP contribution in [0.25, 0.3) is 0 Å². The van der Waals surface area contributed by atoms with Gasteiger partial charge in [-0.3, -0.25) is 14.4 Å².